The summed E-state index contributed by atoms with van der Waals surface area (Å²) in [5.41, 5.74) is 0.775. The van der Waals surface area contributed by atoms with E-state index in [1.54, 1.807) is 14.0 Å². The molecule has 0 spiro atoms. The van der Waals surface area contributed by atoms with Crippen molar-refractivity contribution in [1.82, 2.24) is 19.9 Å². The molecule has 0 bridgehead atoms. The molecule has 0 saturated heterocycles. The summed E-state index contributed by atoms with van der Waals surface area (Å²) in [4.78, 5) is 13.5. The Labute approximate surface area is 96.0 Å². The number of carbonyl (C=O) groups is 1. The molecule has 1 N–H and O–H groups in total. The summed E-state index contributed by atoms with van der Waals surface area (Å²) in [5, 5.41) is 16.9. The lowest BCUT2D eigenvalue weighted by molar-refractivity contribution is 0.148. The lowest BCUT2D eigenvalue weighted by Gasteiger charge is -2.15. The first kappa shape index (κ1) is 12.0. The zero-order chi connectivity index (χ0) is 11.4. The summed E-state index contributed by atoms with van der Waals surface area (Å²) in [7, 11) is 1.73. The average molecular weight is 277 g/mol. The Hall–Kier alpha value is -1.11. The molecule has 1 aromatic rings. The quantitative estimate of drug-likeness (QED) is 0.895. The van der Waals surface area contributed by atoms with E-state index in [9.17, 15) is 4.79 Å². The monoisotopic (exact) mass is 276 g/mol. The molecule has 0 unspecified atom stereocenters. The van der Waals surface area contributed by atoms with Gasteiger partial charge in [-0.15, -0.1) is 5.10 Å². The smallest absolute Gasteiger partial charge is 0.407 e. The molecule has 1 heterocycles. The maximum atomic E-state index is 10.7. The third kappa shape index (κ3) is 3.19. The largest absolute Gasteiger partial charge is 0.465 e. The first-order valence-electron chi connectivity index (χ1n) is 4.58. The second-order valence-electron chi connectivity index (χ2n) is 3.04. The van der Waals surface area contributed by atoms with Gasteiger partial charge in [0.1, 0.15) is 0 Å². The van der Waals surface area contributed by atoms with E-state index < -0.39 is 6.09 Å². The van der Waals surface area contributed by atoms with Gasteiger partial charge in [-0.3, -0.25) is 0 Å². The van der Waals surface area contributed by atoms with Crippen LogP contribution in [0.3, 0.4) is 0 Å². The van der Waals surface area contributed by atoms with Crippen LogP contribution in [0.2, 0.25) is 0 Å². The maximum Gasteiger partial charge on any atom is 0.407 e. The van der Waals surface area contributed by atoms with Gasteiger partial charge in [0.15, 0.2) is 4.60 Å². The van der Waals surface area contributed by atoms with Crippen LogP contribution >= 0.6 is 15.9 Å². The minimum atomic E-state index is -0.905. The van der Waals surface area contributed by atoms with Crippen molar-refractivity contribution < 1.29 is 9.90 Å². The Morgan fingerprint density at radius 1 is 1.60 bits per heavy atom. The SMILES string of the molecule is CCN(CCc1nn(C)nc1Br)C(=O)O. The topological polar surface area (TPSA) is 71.2 Å². The molecule has 1 aromatic heterocycles. The van der Waals surface area contributed by atoms with Gasteiger partial charge in [0.25, 0.3) is 0 Å². The summed E-state index contributed by atoms with van der Waals surface area (Å²) in [6, 6.07) is 0. The first-order valence-corrected chi connectivity index (χ1v) is 5.37. The van der Waals surface area contributed by atoms with Crippen LogP contribution in [0.25, 0.3) is 0 Å². The van der Waals surface area contributed by atoms with Gasteiger partial charge >= 0.3 is 6.09 Å². The maximum absolute atomic E-state index is 10.7. The molecule has 1 rings (SSSR count). The standard InChI is InChI=1S/C8H13BrN4O2/c1-3-13(8(14)15)5-4-6-7(9)11-12(2)10-6/h3-5H2,1-2H3,(H,14,15). The highest BCUT2D eigenvalue weighted by molar-refractivity contribution is 9.10. The molecule has 7 heteroatoms. The second kappa shape index (κ2) is 5.11. The van der Waals surface area contributed by atoms with Crippen molar-refractivity contribution in [2.24, 2.45) is 7.05 Å². The van der Waals surface area contributed by atoms with Gasteiger partial charge < -0.3 is 10.0 Å². The number of rotatable bonds is 4. The van der Waals surface area contributed by atoms with Crippen molar-refractivity contribution >= 4 is 22.0 Å². The molecule has 0 aliphatic carbocycles. The Bertz CT molecular complexity index is 352. The molecular formula is C8H13BrN4O2. The van der Waals surface area contributed by atoms with Crippen LogP contribution in [-0.4, -0.2) is 44.2 Å². The van der Waals surface area contributed by atoms with Gasteiger partial charge in [-0.05, 0) is 22.9 Å². The van der Waals surface area contributed by atoms with Crippen molar-refractivity contribution in [3.63, 3.8) is 0 Å². The normalized spacial score (nSPS) is 10.3. The summed E-state index contributed by atoms with van der Waals surface area (Å²) in [6.07, 6.45) is -0.341. The van der Waals surface area contributed by atoms with Crippen molar-refractivity contribution in [3.05, 3.63) is 10.3 Å². The van der Waals surface area contributed by atoms with Gasteiger partial charge in [0, 0.05) is 26.6 Å². The van der Waals surface area contributed by atoms with E-state index in [0.717, 1.165) is 5.69 Å². The number of hydrogen-bond acceptors (Lipinski definition) is 3. The molecule has 0 aliphatic heterocycles. The van der Waals surface area contributed by atoms with Crippen molar-refractivity contribution in [1.29, 1.82) is 0 Å². The zero-order valence-corrected chi connectivity index (χ0v) is 10.2. The molecule has 0 aromatic carbocycles. The number of aryl methyl sites for hydroxylation is 1. The summed E-state index contributed by atoms with van der Waals surface area (Å²) in [5.74, 6) is 0. The van der Waals surface area contributed by atoms with Crippen molar-refractivity contribution in [2.75, 3.05) is 13.1 Å². The van der Waals surface area contributed by atoms with E-state index in [4.69, 9.17) is 5.11 Å². The summed E-state index contributed by atoms with van der Waals surface area (Å²) in [6.45, 7) is 2.72. The van der Waals surface area contributed by atoms with E-state index in [1.165, 1.54) is 9.70 Å². The fraction of sp³-hybridized carbons (Fsp3) is 0.625. The van der Waals surface area contributed by atoms with Crippen LogP contribution in [0.4, 0.5) is 4.79 Å². The number of aromatic nitrogens is 3. The van der Waals surface area contributed by atoms with E-state index in [0.29, 0.717) is 24.1 Å². The molecule has 15 heavy (non-hydrogen) atoms. The molecule has 0 aliphatic rings. The fourth-order valence-corrected chi connectivity index (χ4v) is 1.71. The van der Waals surface area contributed by atoms with Crippen LogP contribution < -0.4 is 0 Å². The Kier molecular flexibility index (Phi) is 4.07. The van der Waals surface area contributed by atoms with Gasteiger partial charge in [-0.2, -0.15) is 9.90 Å². The lowest BCUT2D eigenvalue weighted by atomic mass is 10.3. The zero-order valence-electron chi connectivity index (χ0n) is 8.64. The van der Waals surface area contributed by atoms with Crippen LogP contribution in [0.1, 0.15) is 12.6 Å². The first-order chi connectivity index (χ1) is 7.04. The molecule has 0 saturated carbocycles. The molecule has 0 fully saturated rings. The highest BCUT2D eigenvalue weighted by Gasteiger charge is 2.12. The van der Waals surface area contributed by atoms with Gasteiger partial charge in [0.2, 0.25) is 0 Å². The van der Waals surface area contributed by atoms with E-state index in [2.05, 4.69) is 26.1 Å². The summed E-state index contributed by atoms with van der Waals surface area (Å²) < 4.78 is 0.673. The highest BCUT2D eigenvalue weighted by atomic mass is 79.9. The third-order valence-corrected chi connectivity index (χ3v) is 2.62. The highest BCUT2D eigenvalue weighted by Crippen LogP contribution is 2.11. The summed E-state index contributed by atoms with van der Waals surface area (Å²) >= 11 is 3.27. The van der Waals surface area contributed by atoms with Gasteiger partial charge in [-0.1, -0.05) is 0 Å². The van der Waals surface area contributed by atoms with Crippen LogP contribution in [-0.2, 0) is 13.5 Å². The number of halogens is 1. The van der Waals surface area contributed by atoms with E-state index in [1.807, 2.05) is 0 Å². The number of hydrogen-bond donors (Lipinski definition) is 1. The molecule has 0 atom stereocenters. The molecular weight excluding hydrogens is 264 g/mol. The predicted octanol–water partition coefficient (Wildman–Crippen LogP) is 1.12. The van der Waals surface area contributed by atoms with E-state index >= 15 is 0 Å². The molecule has 0 radical (unpaired) electrons. The molecule has 84 valence electrons. The molecule has 1 amide bonds. The lowest BCUT2D eigenvalue weighted by Crippen LogP contribution is -2.31. The minimum absolute atomic E-state index is 0.434. The Balaban J connectivity index is 2.56. The molecule has 6 nitrogen and oxygen atoms in total. The minimum Gasteiger partial charge on any atom is -0.465 e. The number of amides is 1. The Morgan fingerprint density at radius 3 is 2.67 bits per heavy atom. The number of likely N-dealkylation sites (N-methyl/N-ethyl adjacent to an activating group) is 1. The third-order valence-electron chi connectivity index (χ3n) is 2.01. The van der Waals surface area contributed by atoms with Gasteiger partial charge in [0.05, 0.1) is 5.69 Å². The van der Waals surface area contributed by atoms with Crippen molar-refractivity contribution in [3.8, 4) is 0 Å². The van der Waals surface area contributed by atoms with Crippen LogP contribution in [0.5, 0.6) is 0 Å². The van der Waals surface area contributed by atoms with Crippen LogP contribution in [0.15, 0.2) is 4.60 Å². The Morgan fingerprint density at radius 2 is 2.27 bits per heavy atom. The predicted molar refractivity (Wildman–Crippen MR) is 57.7 cm³/mol. The van der Waals surface area contributed by atoms with Crippen molar-refractivity contribution in [2.45, 2.75) is 13.3 Å². The van der Waals surface area contributed by atoms with E-state index in [-0.39, 0.29) is 0 Å². The average Bonchev–Trinajstić information content (AvgIpc) is 2.45. The van der Waals surface area contributed by atoms with Gasteiger partial charge in [-0.25, -0.2) is 4.79 Å². The number of nitrogens with zero attached hydrogens (tertiary/aromatic N) is 4. The number of carboxylic acid groups (broad SMARTS) is 1. The van der Waals surface area contributed by atoms with Crippen LogP contribution in [0, 0.1) is 0 Å². The fourth-order valence-electron chi connectivity index (χ4n) is 1.21. The second-order valence-corrected chi connectivity index (χ2v) is 3.79.